The Hall–Kier alpha value is -12.7. The van der Waals surface area contributed by atoms with Crippen LogP contribution in [0.1, 0.15) is 73.7 Å². The number of anilines is 6. The first-order chi connectivity index (χ1) is 61.3. The molecular formula is C96H63B3N4O2. The molecule has 24 rings (SSSR count). The van der Waals surface area contributed by atoms with Crippen molar-refractivity contribution in [3.8, 4) is 78.9 Å². The van der Waals surface area contributed by atoms with Crippen LogP contribution in [0, 0.1) is 0 Å². The first-order valence-corrected chi connectivity index (χ1v) is 35.6. The van der Waals surface area contributed by atoms with Crippen LogP contribution >= 0.6 is 0 Å². The second kappa shape index (κ2) is 21.9. The van der Waals surface area contributed by atoms with E-state index in [2.05, 4.69) is 21.9 Å². The van der Waals surface area contributed by atoms with Gasteiger partial charge < -0.3 is 28.4 Å². The average Bonchev–Trinajstić information content (AvgIpc) is 1.62. The first-order valence-electron chi connectivity index (χ1n) is 46.6. The lowest BCUT2D eigenvalue weighted by atomic mass is 9.28. The minimum absolute atomic E-state index is 0.0126. The third-order valence-corrected chi connectivity index (χ3v) is 23.0. The van der Waals surface area contributed by atoms with Gasteiger partial charge in [0.15, 0.2) is 0 Å². The summed E-state index contributed by atoms with van der Waals surface area (Å²) in [5.41, 5.74) is 10.6. The minimum Gasteiger partial charge on any atom is -0.459 e. The number of nitrogens with zero attached hydrogens (tertiary/aromatic N) is 4. The first kappa shape index (κ1) is 40.8. The molecule has 1 aliphatic carbocycles. The van der Waals surface area contributed by atoms with Crippen molar-refractivity contribution in [1.82, 2.24) is 9.13 Å². The number of rotatable bonds is 7. The van der Waals surface area contributed by atoms with Crippen molar-refractivity contribution in [3.63, 3.8) is 0 Å². The number of hydrogen-bond donors (Lipinski definition) is 0. The highest BCUT2D eigenvalue weighted by atomic mass is 16.5. The second-order valence-electron chi connectivity index (χ2n) is 28.1. The summed E-state index contributed by atoms with van der Waals surface area (Å²) in [6, 6.07) is 46.6. The van der Waals surface area contributed by atoms with E-state index in [1.54, 1.807) is 9.13 Å². The monoisotopic (exact) mass is 1360 g/mol. The van der Waals surface area contributed by atoms with Crippen LogP contribution in [0.4, 0.5) is 34.1 Å². The summed E-state index contributed by atoms with van der Waals surface area (Å²) in [6.07, 6.45) is 4.22. The van der Waals surface area contributed by atoms with Crippen LogP contribution in [-0.4, -0.2) is 29.3 Å². The summed E-state index contributed by atoms with van der Waals surface area (Å²) < 4.78 is 238. The summed E-state index contributed by atoms with van der Waals surface area (Å²) in [5.74, 6) is -1.05. The second-order valence-corrected chi connectivity index (χ2v) is 28.1. The highest BCUT2D eigenvalue weighted by molar-refractivity contribution is 7.05. The smallest absolute Gasteiger partial charge is 0.261 e. The zero-order valence-electron chi connectivity index (χ0n) is 77.8. The molecule has 7 aliphatic rings. The van der Waals surface area contributed by atoms with E-state index in [4.69, 9.17) is 9.47 Å². The van der Waals surface area contributed by atoms with Gasteiger partial charge in [0.05, 0.1) is 52.6 Å². The molecule has 8 heterocycles. The molecule has 0 saturated heterocycles. The van der Waals surface area contributed by atoms with Gasteiger partial charge in [0.2, 0.25) is 0 Å². The summed E-state index contributed by atoms with van der Waals surface area (Å²) in [7, 11) is 0. The maximum atomic E-state index is 10.5. The fourth-order valence-corrected chi connectivity index (χ4v) is 18.9. The van der Waals surface area contributed by atoms with E-state index in [0.29, 0.717) is 61.8 Å². The molecule has 105 heavy (non-hydrogen) atoms. The van der Waals surface area contributed by atoms with Crippen LogP contribution in [0.5, 0.6) is 23.0 Å². The van der Waals surface area contributed by atoms with Crippen molar-refractivity contribution >= 4 is 147 Å². The molecule has 6 aliphatic heterocycles. The number of para-hydroxylation sites is 8. The lowest BCUT2D eigenvalue weighted by Gasteiger charge is -2.49. The number of hydrogen-bond acceptors (Lipinski definition) is 4. The standard InChI is InChI=1S/C96H63B3N4O2/c1-6-28-58(29-7-1)63-54-78-86-79(55-63)103(92-66(61-34-12-4-13-35-61)42-25-43-67(92)62-36-14-5-15-37-62)83-57-81-88-96(105-85-53-23-19-47-73(85)98(88)75-49-27-45-71-69-39-17-21-51-77(69)101(81)94(71)75)90(83)99(86)89-82(102(78)91-64(59-30-8-2-9-31-59)40-24-41-65(91)60-32-10-3-11-33-60)56-80-87-95(89)104-84-52-22-18-46-72(84)97(87)74-48-26-44-70-68-38-16-20-50-76(68)100(80)93(70)74/h2-5,8-27,30-58H,1,6-7,28-29H2/i16D,17D,18D,19D,20D,21D,22D,23D,26D,27D,38D,39D,44D,45D,46D,47D,48D,49D,50D,51D,52D,53D. The molecule has 1 fully saturated rings. The van der Waals surface area contributed by atoms with E-state index in [1.165, 1.54) is 0 Å². The highest BCUT2D eigenvalue weighted by Gasteiger charge is 2.55. The molecule has 6 nitrogen and oxygen atoms in total. The Kier molecular flexibility index (Phi) is 8.52. The Labute approximate surface area is 640 Å². The summed E-state index contributed by atoms with van der Waals surface area (Å²) in [4.78, 5) is 4.41. The molecule has 1 saturated carbocycles. The van der Waals surface area contributed by atoms with Gasteiger partial charge in [-0.2, -0.15) is 0 Å². The molecule has 0 unspecified atom stereocenters. The van der Waals surface area contributed by atoms with E-state index in [9.17, 15) is 30.2 Å². The molecule has 0 spiro atoms. The van der Waals surface area contributed by atoms with Gasteiger partial charge in [-0.05, 0) is 144 Å². The average molecular weight is 1360 g/mol. The lowest BCUT2D eigenvalue weighted by Crippen LogP contribution is -2.67. The van der Waals surface area contributed by atoms with Crippen LogP contribution in [0.3, 0.4) is 0 Å². The number of aromatic nitrogens is 2. The van der Waals surface area contributed by atoms with E-state index < -0.39 is 153 Å². The summed E-state index contributed by atoms with van der Waals surface area (Å²) >= 11 is 0. The molecule has 2 aromatic heterocycles. The van der Waals surface area contributed by atoms with Crippen molar-refractivity contribution in [1.29, 1.82) is 0 Å². The van der Waals surface area contributed by atoms with Crippen LogP contribution in [-0.2, 0) is 0 Å². The zero-order chi connectivity index (χ0) is 87.4. The van der Waals surface area contributed by atoms with Crippen molar-refractivity contribution < 1.29 is 39.6 Å². The van der Waals surface area contributed by atoms with Crippen molar-refractivity contribution in [2.24, 2.45) is 0 Å². The quantitative estimate of drug-likeness (QED) is 0.149. The van der Waals surface area contributed by atoms with E-state index >= 15 is 0 Å². The number of benzene rings is 15. The van der Waals surface area contributed by atoms with Crippen LogP contribution < -0.4 is 68.4 Å². The molecule has 0 N–H and O–H groups in total. The summed E-state index contributed by atoms with van der Waals surface area (Å²) in [5, 5.41) is -0.520. The maximum absolute atomic E-state index is 10.5. The minimum atomic E-state index is -1.56. The number of fused-ring (bicyclic) bond motifs is 20. The molecule has 15 aromatic carbocycles. The third-order valence-electron chi connectivity index (χ3n) is 23.0. The normalized spacial score (nSPS) is 17.4. The Morgan fingerprint density at radius 3 is 1.10 bits per heavy atom. The molecule has 0 atom stereocenters. The topological polar surface area (TPSA) is 34.8 Å². The Balaban J connectivity index is 0.988. The Morgan fingerprint density at radius 1 is 0.314 bits per heavy atom. The van der Waals surface area contributed by atoms with Crippen molar-refractivity contribution in [2.45, 2.75) is 38.0 Å². The van der Waals surface area contributed by atoms with E-state index in [0.717, 1.165) is 59.9 Å². The largest absolute Gasteiger partial charge is 0.459 e. The molecule has 0 bridgehead atoms. The van der Waals surface area contributed by atoms with Gasteiger partial charge in [0.1, 0.15) is 23.0 Å². The molecule has 488 valence electrons. The van der Waals surface area contributed by atoms with E-state index in [1.807, 2.05) is 170 Å². The zero-order valence-corrected chi connectivity index (χ0v) is 55.8. The molecule has 0 radical (unpaired) electrons. The van der Waals surface area contributed by atoms with E-state index in [-0.39, 0.29) is 128 Å². The Bertz CT molecular complexity index is 7440. The van der Waals surface area contributed by atoms with Gasteiger partial charge >= 0.3 is 0 Å². The van der Waals surface area contributed by atoms with Gasteiger partial charge in [0, 0.05) is 89.0 Å². The van der Waals surface area contributed by atoms with Gasteiger partial charge in [-0.25, -0.2) is 0 Å². The van der Waals surface area contributed by atoms with Crippen molar-refractivity contribution in [2.75, 3.05) is 9.80 Å². The van der Waals surface area contributed by atoms with Crippen LogP contribution in [0.25, 0.3) is 99.5 Å². The van der Waals surface area contributed by atoms with Crippen molar-refractivity contribution in [3.05, 3.63) is 320 Å². The lowest BCUT2D eigenvalue weighted by molar-refractivity contribution is 0.444. The molecule has 9 heteroatoms. The highest BCUT2D eigenvalue weighted by Crippen LogP contribution is 2.57. The molecular weight excluding hydrogens is 1270 g/mol. The SMILES string of the molecule is [2H]c1c([2H])c([2H])c2c(c1[2H])Oc1c3c(cc4c1B2c1c([2H])c([2H])c([2H])c2c5c([2H])c([2H])c([2H])c([2H])c5n-4c12)N(c1c(-c2ccccc2)cccc1-c1ccccc1)c1cc(C2CCCCC2)cc2c1B3c1c(cc3c4c1Oc1c([2H])c([2H])c([2H])c([2H])c1B4c1c([2H])c([2H])c([2H])c4c5c([2H])c([2H])c([2H])c([2H])c5n-3c14)N2c1c(-c2ccccc2)cccc1-c1ccccc1. The van der Waals surface area contributed by atoms with Crippen LogP contribution in [0.15, 0.2) is 315 Å². The van der Waals surface area contributed by atoms with Gasteiger partial charge in [-0.3, -0.25) is 0 Å². The number of ether oxygens (including phenoxy) is 2. The fraction of sp³-hybridized carbons (Fsp3) is 0.0625. The van der Waals surface area contributed by atoms with Crippen LogP contribution in [0.2, 0.25) is 0 Å². The molecule has 17 aromatic rings. The summed E-state index contributed by atoms with van der Waals surface area (Å²) in [6.45, 7) is -4.54. The molecule has 0 amide bonds. The van der Waals surface area contributed by atoms with Gasteiger partial charge in [0.25, 0.3) is 20.1 Å². The maximum Gasteiger partial charge on any atom is 0.261 e. The fourth-order valence-electron chi connectivity index (χ4n) is 18.9. The Morgan fingerprint density at radius 2 is 0.676 bits per heavy atom. The predicted octanol–water partition coefficient (Wildman–Crippen LogP) is 18.5. The van der Waals surface area contributed by atoms with Gasteiger partial charge in [-0.15, -0.1) is 0 Å². The van der Waals surface area contributed by atoms with Gasteiger partial charge in [-0.1, -0.05) is 286 Å². The predicted molar refractivity (Wildman–Crippen MR) is 439 cm³/mol. The third kappa shape index (κ3) is 7.91.